The van der Waals surface area contributed by atoms with Crippen molar-refractivity contribution in [3.8, 4) is 0 Å². The molecule has 1 heterocycles. The highest BCUT2D eigenvalue weighted by molar-refractivity contribution is 5.86. The molecule has 0 aromatic heterocycles. The van der Waals surface area contributed by atoms with E-state index >= 15 is 0 Å². The van der Waals surface area contributed by atoms with Gasteiger partial charge in [-0.15, -0.1) is 0 Å². The number of rotatable bonds is 6. The molecule has 0 aromatic carbocycles. The van der Waals surface area contributed by atoms with E-state index in [-0.39, 0.29) is 19.4 Å². The molecule has 0 bridgehead atoms. The molecule has 1 aliphatic heterocycles. The first-order valence-corrected chi connectivity index (χ1v) is 6.67. The lowest BCUT2D eigenvalue weighted by Gasteiger charge is -2.31. The fourth-order valence-corrected chi connectivity index (χ4v) is 2.22. The van der Waals surface area contributed by atoms with Crippen LogP contribution in [-0.2, 0) is 14.4 Å². The summed E-state index contributed by atoms with van der Waals surface area (Å²) in [6.45, 7) is 0.659. The molecule has 0 radical (unpaired) electrons. The number of carboxylic acids is 1. The van der Waals surface area contributed by atoms with Crippen LogP contribution in [0.2, 0.25) is 0 Å². The number of piperidine rings is 1. The van der Waals surface area contributed by atoms with Crippen LogP contribution < -0.4 is 16.8 Å². The Balaban J connectivity index is 2.58. The molecule has 0 aliphatic carbocycles. The Morgan fingerprint density at radius 2 is 1.95 bits per heavy atom. The number of nitrogens with zero attached hydrogens (tertiary/aromatic N) is 1. The van der Waals surface area contributed by atoms with Crippen molar-refractivity contribution in [1.82, 2.24) is 10.2 Å². The minimum Gasteiger partial charge on any atom is -0.480 e. The molecule has 1 saturated heterocycles. The third-order valence-corrected chi connectivity index (χ3v) is 3.40. The van der Waals surface area contributed by atoms with Crippen LogP contribution in [0.25, 0.3) is 0 Å². The lowest BCUT2D eigenvalue weighted by Crippen LogP contribution is -2.50. The number of likely N-dealkylation sites (tertiary alicyclic amines) is 1. The number of nitrogens with two attached hydrogens (primary N) is 2. The maximum atomic E-state index is 12.1. The van der Waals surface area contributed by atoms with Crippen molar-refractivity contribution in [2.45, 2.75) is 31.7 Å². The maximum absolute atomic E-state index is 12.1. The zero-order chi connectivity index (χ0) is 16.0. The lowest BCUT2D eigenvalue weighted by molar-refractivity contribution is -0.143. The molecule has 118 valence electrons. The minimum atomic E-state index is -1.23. The Morgan fingerprint density at radius 3 is 2.48 bits per heavy atom. The van der Waals surface area contributed by atoms with Crippen molar-refractivity contribution in [3.63, 3.8) is 0 Å². The van der Waals surface area contributed by atoms with Crippen LogP contribution in [0.3, 0.4) is 0 Å². The number of carboxylic acid groups (broad SMARTS) is 1. The lowest BCUT2D eigenvalue weighted by atomic mass is 9.96. The Kier molecular flexibility index (Phi) is 5.94. The molecule has 2 atom stereocenters. The Hall–Kier alpha value is -2.32. The second kappa shape index (κ2) is 7.46. The summed E-state index contributed by atoms with van der Waals surface area (Å²) >= 11 is 0. The van der Waals surface area contributed by atoms with E-state index in [2.05, 4.69) is 5.32 Å². The number of nitrogens with one attached hydrogen (secondary N) is 1. The van der Waals surface area contributed by atoms with Crippen LogP contribution in [0.4, 0.5) is 4.79 Å². The van der Waals surface area contributed by atoms with Gasteiger partial charge in [0, 0.05) is 19.5 Å². The van der Waals surface area contributed by atoms with Crippen LogP contribution >= 0.6 is 0 Å². The number of hydrogen-bond donors (Lipinski definition) is 4. The number of primary amides is 2. The second-order valence-electron chi connectivity index (χ2n) is 5.03. The molecule has 1 fully saturated rings. The zero-order valence-corrected chi connectivity index (χ0v) is 11.6. The number of urea groups is 1. The number of carbonyl (C=O) groups excluding carboxylic acids is 3. The van der Waals surface area contributed by atoms with Gasteiger partial charge in [-0.25, -0.2) is 9.59 Å². The molecular formula is C12H20N4O5. The first-order valence-electron chi connectivity index (χ1n) is 6.67. The van der Waals surface area contributed by atoms with E-state index in [0.717, 1.165) is 0 Å². The van der Waals surface area contributed by atoms with Crippen LogP contribution in [0.5, 0.6) is 0 Å². The van der Waals surface area contributed by atoms with Crippen molar-refractivity contribution in [1.29, 1.82) is 0 Å². The van der Waals surface area contributed by atoms with Gasteiger partial charge in [0.15, 0.2) is 0 Å². The summed E-state index contributed by atoms with van der Waals surface area (Å²) in [5, 5.41) is 11.4. The molecule has 9 heteroatoms. The van der Waals surface area contributed by atoms with Crippen LogP contribution in [0.1, 0.15) is 25.7 Å². The zero-order valence-electron chi connectivity index (χ0n) is 11.6. The Labute approximate surface area is 121 Å². The molecule has 1 aliphatic rings. The topological polar surface area (TPSA) is 156 Å². The van der Waals surface area contributed by atoms with Gasteiger partial charge in [-0.3, -0.25) is 9.59 Å². The van der Waals surface area contributed by atoms with Crippen LogP contribution in [-0.4, -0.2) is 53.0 Å². The van der Waals surface area contributed by atoms with E-state index in [1.165, 1.54) is 4.90 Å². The van der Waals surface area contributed by atoms with Crippen molar-refractivity contribution in [2.24, 2.45) is 17.4 Å². The average Bonchev–Trinajstić information content (AvgIpc) is 2.42. The van der Waals surface area contributed by atoms with Gasteiger partial charge in [-0.05, 0) is 19.3 Å². The maximum Gasteiger partial charge on any atom is 0.326 e. The monoisotopic (exact) mass is 300 g/mol. The molecule has 4 amide bonds. The van der Waals surface area contributed by atoms with E-state index in [0.29, 0.717) is 19.4 Å². The van der Waals surface area contributed by atoms with Crippen LogP contribution in [0.15, 0.2) is 0 Å². The summed E-state index contributed by atoms with van der Waals surface area (Å²) in [6.07, 6.45) is 0.982. The summed E-state index contributed by atoms with van der Waals surface area (Å²) in [4.78, 5) is 46.3. The molecule has 21 heavy (non-hydrogen) atoms. The average molecular weight is 300 g/mol. The molecule has 0 aromatic rings. The highest BCUT2D eigenvalue weighted by Gasteiger charge is 2.30. The van der Waals surface area contributed by atoms with Crippen molar-refractivity contribution in [2.75, 3.05) is 13.1 Å². The van der Waals surface area contributed by atoms with E-state index < -0.39 is 35.8 Å². The predicted molar refractivity (Wildman–Crippen MR) is 71.9 cm³/mol. The molecule has 0 saturated carbocycles. The third-order valence-electron chi connectivity index (χ3n) is 3.40. The van der Waals surface area contributed by atoms with Gasteiger partial charge in [0.1, 0.15) is 6.04 Å². The fraction of sp³-hybridized carbons (Fsp3) is 0.667. The van der Waals surface area contributed by atoms with Crippen molar-refractivity contribution >= 4 is 23.8 Å². The largest absolute Gasteiger partial charge is 0.480 e. The summed E-state index contributed by atoms with van der Waals surface area (Å²) in [7, 11) is 0. The van der Waals surface area contributed by atoms with Gasteiger partial charge in [0.25, 0.3) is 0 Å². The van der Waals surface area contributed by atoms with E-state index in [9.17, 15) is 19.2 Å². The first-order chi connectivity index (χ1) is 9.81. The third kappa shape index (κ3) is 5.28. The van der Waals surface area contributed by atoms with Gasteiger partial charge >= 0.3 is 12.0 Å². The highest BCUT2D eigenvalue weighted by atomic mass is 16.4. The SMILES string of the molecule is NC(=O)CCC(NC(=O)C1CCCN(C(N)=O)C1)C(=O)O. The predicted octanol–water partition coefficient (Wildman–Crippen LogP) is -1.39. The van der Waals surface area contributed by atoms with E-state index in [1.807, 2.05) is 0 Å². The number of aliphatic carboxylic acids is 1. The molecule has 9 nitrogen and oxygen atoms in total. The second-order valence-corrected chi connectivity index (χ2v) is 5.03. The van der Waals surface area contributed by atoms with Gasteiger partial charge in [-0.1, -0.05) is 0 Å². The summed E-state index contributed by atoms with van der Waals surface area (Å²) in [5.41, 5.74) is 10.1. The number of hydrogen-bond acceptors (Lipinski definition) is 4. The summed E-state index contributed by atoms with van der Waals surface area (Å²) in [6, 6.07) is -1.77. The standard InChI is InChI=1S/C12H20N4O5/c13-9(17)4-3-8(11(19)20)15-10(18)7-2-1-5-16(6-7)12(14)21/h7-8H,1-6H2,(H2,13,17)(H2,14,21)(H,15,18)(H,19,20). The molecule has 0 spiro atoms. The Bertz CT molecular complexity index is 439. The molecule has 2 unspecified atom stereocenters. The molecular weight excluding hydrogens is 280 g/mol. The van der Waals surface area contributed by atoms with Crippen molar-refractivity contribution < 1.29 is 24.3 Å². The highest BCUT2D eigenvalue weighted by Crippen LogP contribution is 2.16. The summed E-state index contributed by atoms with van der Waals surface area (Å²) < 4.78 is 0. The first kappa shape index (κ1) is 16.7. The van der Waals surface area contributed by atoms with E-state index in [1.54, 1.807) is 0 Å². The van der Waals surface area contributed by atoms with Crippen molar-refractivity contribution in [3.05, 3.63) is 0 Å². The molecule has 6 N–H and O–H groups in total. The Morgan fingerprint density at radius 1 is 1.29 bits per heavy atom. The summed E-state index contributed by atoms with van der Waals surface area (Å²) in [5.74, 6) is -2.82. The quantitative estimate of drug-likeness (QED) is 0.475. The minimum absolute atomic E-state index is 0.0668. The smallest absolute Gasteiger partial charge is 0.326 e. The van der Waals surface area contributed by atoms with Gasteiger partial charge in [0.05, 0.1) is 5.92 Å². The van der Waals surface area contributed by atoms with Gasteiger partial charge in [0.2, 0.25) is 11.8 Å². The van der Waals surface area contributed by atoms with Crippen LogP contribution in [0, 0.1) is 5.92 Å². The fourth-order valence-electron chi connectivity index (χ4n) is 2.22. The number of carbonyl (C=O) groups is 4. The molecule has 1 rings (SSSR count). The van der Waals surface area contributed by atoms with Gasteiger partial charge in [-0.2, -0.15) is 0 Å². The van der Waals surface area contributed by atoms with E-state index in [4.69, 9.17) is 16.6 Å². The number of amides is 4. The normalized spacial score (nSPS) is 19.6. The van der Waals surface area contributed by atoms with Gasteiger partial charge < -0.3 is 26.8 Å².